The first-order valence-corrected chi connectivity index (χ1v) is 10.8. The highest BCUT2D eigenvalue weighted by atomic mass is 19.1. The lowest BCUT2D eigenvalue weighted by atomic mass is 9.97. The number of furan rings is 1. The number of pyridine rings is 1. The minimum absolute atomic E-state index is 0.00175. The molecule has 0 aliphatic rings. The van der Waals surface area contributed by atoms with Crippen LogP contribution in [-0.4, -0.2) is 28.4 Å². The number of nitriles is 1. The van der Waals surface area contributed by atoms with Crippen molar-refractivity contribution >= 4 is 23.3 Å². The van der Waals surface area contributed by atoms with Gasteiger partial charge >= 0.3 is 0 Å². The largest absolute Gasteiger partial charge is 0.507 e. The van der Waals surface area contributed by atoms with E-state index in [0.717, 1.165) is 12.1 Å². The smallest absolute Gasteiger partial charge is 0.292 e. The maximum atomic E-state index is 13.6. The van der Waals surface area contributed by atoms with Crippen LogP contribution in [0.2, 0.25) is 0 Å². The highest BCUT2D eigenvalue weighted by Crippen LogP contribution is 2.36. The van der Waals surface area contributed by atoms with E-state index in [4.69, 9.17) is 10.2 Å². The summed E-state index contributed by atoms with van der Waals surface area (Å²) in [7, 11) is 0. The predicted octanol–water partition coefficient (Wildman–Crippen LogP) is 4.26. The van der Waals surface area contributed by atoms with E-state index < -0.39 is 11.7 Å². The van der Waals surface area contributed by atoms with Gasteiger partial charge in [-0.2, -0.15) is 5.26 Å². The van der Waals surface area contributed by atoms with Crippen LogP contribution in [0.1, 0.15) is 22.5 Å². The van der Waals surface area contributed by atoms with E-state index in [1.807, 2.05) is 0 Å². The minimum atomic E-state index is -0.641. The van der Waals surface area contributed by atoms with Gasteiger partial charge in [-0.15, -0.1) is 0 Å². The second-order valence-electron chi connectivity index (χ2n) is 7.65. The standard InChI is InChI=1S/C26H20FN5O4/c27-16-6-7-18(22(33)12-16)21-13-19(15-3-1-4-17(11-15)30-24(34)8-9-28)20(14-29)25(31-21)32-26(35)23-5-2-10-36-23/h1-7,10-13,33H,8-9,28H2,(H,30,34)(H,31,32,35). The molecule has 9 nitrogen and oxygen atoms in total. The van der Waals surface area contributed by atoms with E-state index in [2.05, 4.69) is 21.7 Å². The Labute approximate surface area is 205 Å². The molecule has 4 rings (SSSR count). The molecule has 0 atom stereocenters. The fourth-order valence-electron chi connectivity index (χ4n) is 3.53. The number of benzene rings is 2. The lowest BCUT2D eigenvalue weighted by molar-refractivity contribution is -0.116. The van der Waals surface area contributed by atoms with Crippen molar-refractivity contribution in [2.75, 3.05) is 17.2 Å². The average molecular weight is 485 g/mol. The number of aromatic nitrogens is 1. The molecule has 0 radical (unpaired) electrons. The first kappa shape index (κ1) is 24.1. The van der Waals surface area contributed by atoms with Crippen molar-refractivity contribution in [2.24, 2.45) is 5.73 Å². The Morgan fingerprint density at radius 3 is 2.61 bits per heavy atom. The molecule has 2 aromatic carbocycles. The number of aromatic hydroxyl groups is 1. The molecule has 0 bridgehead atoms. The van der Waals surface area contributed by atoms with E-state index in [1.165, 1.54) is 30.5 Å². The molecule has 0 saturated carbocycles. The maximum Gasteiger partial charge on any atom is 0.292 e. The summed E-state index contributed by atoms with van der Waals surface area (Å²) in [5, 5.41) is 25.6. The third kappa shape index (κ3) is 5.22. The molecule has 180 valence electrons. The summed E-state index contributed by atoms with van der Waals surface area (Å²) >= 11 is 0. The van der Waals surface area contributed by atoms with E-state index in [-0.39, 0.29) is 53.0 Å². The third-order valence-electron chi connectivity index (χ3n) is 5.17. The van der Waals surface area contributed by atoms with Crippen molar-refractivity contribution in [3.63, 3.8) is 0 Å². The number of phenolic OH excluding ortho intramolecular Hbond substituents is 1. The van der Waals surface area contributed by atoms with E-state index in [0.29, 0.717) is 16.8 Å². The van der Waals surface area contributed by atoms with Crippen LogP contribution in [0.5, 0.6) is 5.75 Å². The van der Waals surface area contributed by atoms with Crippen LogP contribution >= 0.6 is 0 Å². The van der Waals surface area contributed by atoms with Gasteiger partial charge in [-0.25, -0.2) is 9.37 Å². The van der Waals surface area contributed by atoms with Crippen molar-refractivity contribution in [2.45, 2.75) is 6.42 Å². The molecular weight excluding hydrogens is 465 g/mol. The van der Waals surface area contributed by atoms with E-state index in [1.54, 1.807) is 24.3 Å². The van der Waals surface area contributed by atoms with Crippen LogP contribution in [0, 0.1) is 17.1 Å². The first-order valence-electron chi connectivity index (χ1n) is 10.8. The summed E-state index contributed by atoms with van der Waals surface area (Å²) < 4.78 is 18.7. The van der Waals surface area contributed by atoms with Crippen LogP contribution < -0.4 is 16.4 Å². The van der Waals surface area contributed by atoms with Gasteiger partial charge in [-0.05, 0) is 48.0 Å². The Kier molecular flexibility index (Phi) is 7.04. The molecule has 0 spiro atoms. The van der Waals surface area contributed by atoms with Crippen molar-refractivity contribution in [3.05, 3.63) is 84.1 Å². The van der Waals surface area contributed by atoms with Gasteiger partial charge < -0.3 is 25.9 Å². The summed E-state index contributed by atoms with van der Waals surface area (Å²) in [5.74, 6) is -2.01. The van der Waals surface area contributed by atoms with Crippen LogP contribution in [-0.2, 0) is 4.79 Å². The fourth-order valence-corrected chi connectivity index (χ4v) is 3.53. The molecule has 36 heavy (non-hydrogen) atoms. The molecule has 2 amide bonds. The number of rotatable bonds is 7. The zero-order chi connectivity index (χ0) is 25.7. The quantitative estimate of drug-likeness (QED) is 0.305. The van der Waals surface area contributed by atoms with Crippen LogP contribution in [0.4, 0.5) is 15.9 Å². The maximum absolute atomic E-state index is 13.6. The van der Waals surface area contributed by atoms with Gasteiger partial charge in [0, 0.05) is 35.8 Å². The summed E-state index contributed by atoms with van der Waals surface area (Å²) in [6.07, 6.45) is 1.47. The summed E-state index contributed by atoms with van der Waals surface area (Å²) in [4.78, 5) is 29.1. The number of nitrogens with zero attached hydrogens (tertiary/aromatic N) is 2. The van der Waals surface area contributed by atoms with Crippen molar-refractivity contribution in [3.8, 4) is 34.2 Å². The second kappa shape index (κ2) is 10.5. The molecule has 0 aliphatic carbocycles. The Morgan fingerprint density at radius 1 is 1.08 bits per heavy atom. The first-order chi connectivity index (χ1) is 17.4. The summed E-state index contributed by atoms with van der Waals surface area (Å²) in [5.41, 5.74) is 7.18. The van der Waals surface area contributed by atoms with Gasteiger partial charge in [-0.1, -0.05) is 12.1 Å². The number of carbonyl (C=O) groups is 2. The van der Waals surface area contributed by atoms with Gasteiger partial charge in [-0.3, -0.25) is 9.59 Å². The van der Waals surface area contributed by atoms with Gasteiger partial charge in [0.25, 0.3) is 5.91 Å². The van der Waals surface area contributed by atoms with Gasteiger partial charge in [0.2, 0.25) is 5.91 Å². The van der Waals surface area contributed by atoms with Crippen molar-refractivity contribution < 1.29 is 23.5 Å². The monoisotopic (exact) mass is 485 g/mol. The number of hydrogen-bond donors (Lipinski definition) is 4. The molecule has 4 aromatic rings. The lowest BCUT2D eigenvalue weighted by Crippen LogP contribution is -2.16. The van der Waals surface area contributed by atoms with Gasteiger partial charge in [0.15, 0.2) is 11.6 Å². The molecule has 2 heterocycles. The number of hydrogen-bond acceptors (Lipinski definition) is 7. The highest BCUT2D eigenvalue weighted by molar-refractivity contribution is 6.03. The lowest BCUT2D eigenvalue weighted by Gasteiger charge is -2.15. The summed E-state index contributed by atoms with van der Waals surface area (Å²) in [6.45, 7) is 0.192. The van der Waals surface area contributed by atoms with Crippen LogP contribution in [0.3, 0.4) is 0 Å². The molecule has 0 fully saturated rings. The molecule has 0 unspecified atom stereocenters. The van der Waals surface area contributed by atoms with Crippen LogP contribution in [0.15, 0.2) is 71.3 Å². The zero-order valence-corrected chi connectivity index (χ0v) is 18.8. The average Bonchev–Trinajstić information content (AvgIpc) is 3.39. The molecule has 2 aromatic heterocycles. The third-order valence-corrected chi connectivity index (χ3v) is 5.17. The second-order valence-corrected chi connectivity index (χ2v) is 7.65. The molecule has 5 N–H and O–H groups in total. The normalized spacial score (nSPS) is 10.5. The molecular formula is C26H20FN5O4. The van der Waals surface area contributed by atoms with Gasteiger partial charge in [0.1, 0.15) is 23.2 Å². The Balaban J connectivity index is 1.86. The van der Waals surface area contributed by atoms with Crippen LogP contribution in [0.25, 0.3) is 22.4 Å². The Hall–Kier alpha value is -5.01. The number of anilines is 2. The Morgan fingerprint density at radius 2 is 1.92 bits per heavy atom. The fraction of sp³-hybridized carbons (Fsp3) is 0.0769. The van der Waals surface area contributed by atoms with E-state index >= 15 is 0 Å². The molecule has 0 saturated heterocycles. The predicted molar refractivity (Wildman–Crippen MR) is 130 cm³/mol. The zero-order valence-electron chi connectivity index (χ0n) is 18.8. The number of carbonyl (C=O) groups excluding carboxylic acids is 2. The molecule has 0 aliphatic heterocycles. The summed E-state index contributed by atoms with van der Waals surface area (Å²) in [6, 6.07) is 16.7. The number of nitrogens with two attached hydrogens (primary N) is 1. The SMILES string of the molecule is N#Cc1c(-c2cccc(NC(=O)CCN)c2)cc(-c2ccc(F)cc2O)nc1NC(=O)c1ccco1. The highest BCUT2D eigenvalue weighted by Gasteiger charge is 2.20. The van der Waals surface area contributed by atoms with Crippen molar-refractivity contribution in [1.82, 2.24) is 4.98 Å². The Bertz CT molecular complexity index is 1480. The van der Waals surface area contributed by atoms with E-state index in [9.17, 15) is 24.3 Å². The minimum Gasteiger partial charge on any atom is -0.507 e. The van der Waals surface area contributed by atoms with Crippen molar-refractivity contribution in [1.29, 1.82) is 5.26 Å². The number of halogens is 1. The van der Waals surface area contributed by atoms with Gasteiger partial charge in [0.05, 0.1) is 12.0 Å². The number of amides is 2. The molecule has 10 heteroatoms. The number of nitrogens with one attached hydrogen (secondary N) is 2. The number of phenols is 1. The topological polar surface area (TPSA) is 154 Å².